The Morgan fingerprint density at radius 3 is 2.73 bits per heavy atom. The fourth-order valence-corrected chi connectivity index (χ4v) is 3.77. The summed E-state index contributed by atoms with van der Waals surface area (Å²) in [5, 5.41) is 9.18. The third-order valence-corrected chi connectivity index (χ3v) is 5.28. The predicted molar refractivity (Wildman–Crippen MR) is 118 cm³/mol. The van der Waals surface area contributed by atoms with E-state index in [0.717, 1.165) is 46.7 Å². The molecule has 0 unspecified atom stereocenters. The number of aryl methyl sites for hydroxylation is 1. The number of Topliss-reactive ketones (excluding diaryl/α,β-unsaturated/α-hetero) is 1. The summed E-state index contributed by atoms with van der Waals surface area (Å²) in [5.41, 5.74) is 5.14. The van der Waals surface area contributed by atoms with Crippen LogP contribution in [-0.2, 0) is 11.2 Å². The van der Waals surface area contributed by atoms with Crippen molar-refractivity contribution in [3.8, 4) is 11.3 Å². The number of aromatic nitrogens is 2. The molecule has 7 heteroatoms. The zero-order valence-electron chi connectivity index (χ0n) is 17.1. The van der Waals surface area contributed by atoms with E-state index in [9.17, 15) is 9.59 Å². The maximum atomic E-state index is 12.7. The molecule has 1 atom stereocenters. The van der Waals surface area contributed by atoms with Crippen LogP contribution in [0.4, 0.5) is 17.2 Å². The Hall–Kier alpha value is -3.61. The number of nitrogens with one attached hydrogen (secondary N) is 4. The van der Waals surface area contributed by atoms with Crippen molar-refractivity contribution in [1.82, 2.24) is 15.3 Å². The number of fused-ring (bicyclic) bond motifs is 1. The lowest BCUT2D eigenvalue weighted by Crippen LogP contribution is -2.35. The number of carbonyl (C=O) groups excluding carboxylic acids is 2. The number of hydrogen-bond acceptors (Lipinski definition) is 5. The summed E-state index contributed by atoms with van der Waals surface area (Å²) in [5.74, 6) is 0.626. The molecule has 3 aromatic rings. The average molecular weight is 403 g/mol. The van der Waals surface area contributed by atoms with E-state index in [1.165, 1.54) is 0 Å². The summed E-state index contributed by atoms with van der Waals surface area (Å²) >= 11 is 0. The number of benzene rings is 1. The highest BCUT2D eigenvalue weighted by atomic mass is 16.2. The number of amides is 1. The molecule has 2 heterocycles. The Kier molecular flexibility index (Phi) is 5.52. The Morgan fingerprint density at radius 2 is 1.97 bits per heavy atom. The second kappa shape index (κ2) is 8.41. The van der Waals surface area contributed by atoms with Gasteiger partial charge in [0.05, 0.1) is 16.9 Å². The molecule has 0 saturated heterocycles. The van der Waals surface area contributed by atoms with Gasteiger partial charge in [0.1, 0.15) is 11.9 Å². The molecular formula is C23H25N5O2. The van der Waals surface area contributed by atoms with Gasteiger partial charge in [0.25, 0.3) is 0 Å². The van der Waals surface area contributed by atoms with Crippen LogP contribution in [0, 0.1) is 0 Å². The van der Waals surface area contributed by atoms with Crippen molar-refractivity contribution in [3.63, 3.8) is 0 Å². The summed E-state index contributed by atoms with van der Waals surface area (Å²) in [6, 6.07) is 13.2. The van der Waals surface area contributed by atoms with Crippen molar-refractivity contribution in [1.29, 1.82) is 0 Å². The smallest absolute Gasteiger partial charge is 0.241 e. The number of H-pyrrole nitrogens is 1. The van der Waals surface area contributed by atoms with Gasteiger partial charge in [-0.05, 0) is 44.0 Å². The van der Waals surface area contributed by atoms with Gasteiger partial charge < -0.3 is 20.9 Å². The highest BCUT2D eigenvalue weighted by Gasteiger charge is 2.27. The first kappa shape index (κ1) is 19.7. The molecule has 0 saturated carbocycles. The first-order valence-electron chi connectivity index (χ1n) is 10.1. The highest BCUT2D eigenvalue weighted by Crippen LogP contribution is 2.39. The Labute approximate surface area is 175 Å². The number of pyridine rings is 1. The molecule has 1 aliphatic rings. The lowest BCUT2D eigenvalue weighted by Gasteiger charge is -2.15. The standard InChI is InChI=1S/C23H25N5O2/c1-14(23(30)24-2)26-19-13-15(11-12-25-19)21-22(27-16-7-4-3-5-8-16)20-17(28-21)9-6-10-18(20)29/h3-5,7-8,11-14,27-28H,6,9-10H2,1-2H3,(H,24,30)(H,25,26)/t14-/m0/s1. The normalized spacial score (nSPS) is 14.0. The fourth-order valence-electron chi connectivity index (χ4n) is 3.77. The molecule has 7 nitrogen and oxygen atoms in total. The monoisotopic (exact) mass is 403 g/mol. The van der Waals surface area contributed by atoms with E-state index >= 15 is 0 Å². The zero-order chi connectivity index (χ0) is 21.1. The predicted octanol–water partition coefficient (Wildman–Crippen LogP) is 3.89. The minimum absolute atomic E-state index is 0.116. The second-order valence-electron chi connectivity index (χ2n) is 7.41. The molecule has 154 valence electrons. The van der Waals surface area contributed by atoms with Gasteiger partial charge in [-0.1, -0.05) is 18.2 Å². The van der Waals surface area contributed by atoms with Crippen molar-refractivity contribution in [3.05, 3.63) is 59.9 Å². The fraction of sp³-hybridized carbons (Fsp3) is 0.261. The van der Waals surface area contributed by atoms with E-state index in [1.807, 2.05) is 42.5 Å². The molecule has 0 aliphatic heterocycles. The molecule has 0 fully saturated rings. The number of hydrogen-bond donors (Lipinski definition) is 4. The summed E-state index contributed by atoms with van der Waals surface area (Å²) in [7, 11) is 1.60. The number of anilines is 3. The van der Waals surface area contributed by atoms with Crippen molar-refractivity contribution >= 4 is 28.9 Å². The summed E-state index contributed by atoms with van der Waals surface area (Å²) in [4.78, 5) is 32.4. The molecule has 0 radical (unpaired) electrons. The van der Waals surface area contributed by atoms with Crippen molar-refractivity contribution < 1.29 is 9.59 Å². The highest BCUT2D eigenvalue weighted by molar-refractivity contribution is 6.07. The van der Waals surface area contributed by atoms with Crippen LogP contribution in [0.2, 0.25) is 0 Å². The molecule has 1 aliphatic carbocycles. The number of para-hydroxylation sites is 1. The third-order valence-electron chi connectivity index (χ3n) is 5.28. The number of aromatic amines is 1. The van der Waals surface area contributed by atoms with Crippen LogP contribution in [0.3, 0.4) is 0 Å². The van der Waals surface area contributed by atoms with Crippen molar-refractivity contribution in [2.24, 2.45) is 0 Å². The van der Waals surface area contributed by atoms with E-state index < -0.39 is 6.04 Å². The Morgan fingerprint density at radius 1 is 1.17 bits per heavy atom. The van der Waals surface area contributed by atoms with Crippen molar-refractivity contribution in [2.45, 2.75) is 32.2 Å². The van der Waals surface area contributed by atoms with Gasteiger partial charge >= 0.3 is 0 Å². The van der Waals surface area contributed by atoms with Crippen LogP contribution in [0.5, 0.6) is 0 Å². The summed E-state index contributed by atoms with van der Waals surface area (Å²) in [6.45, 7) is 1.78. The minimum atomic E-state index is -0.418. The molecular weight excluding hydrogens is 378 g/mol. The lowest BCUT2D eigenvalue weighted by atomic mass is 9.95. The largest absolute Gasteiger partial charge is 0.359 e. The summed E-state index contributed by atoms with van der Waals surface area (Å²) in [6.07, 6.45) is 3.94. The first-order chi connectivity index (χ1) is 14.6. The van der Waals surface area contributed by atoms with Gasteiger partial charge in [-0.25, -0.2) is 4.98 Å². The molecule has 2 aromatic heterocycles. The van der Waals surface area contributed by atoms with Gasteiger partial charge in [0.2, 0.25) is 5.91 Å². The maximum absolute atomic E-state index is 12.7. The van der Waals surface area contributed by atoms with Crippen LogP contribution in [0.1, 0.15) is 35.8 Å². The first-order valence-corrected chi connectivity index (χ1v) is 10.1. The number of ketones is 1. The Balaban J connectivity index is 1.74. The topological polar surface area (TPSA) is 98.9 Å². The van der Waals surface area contributed by atoms with Crippen LogP contribution < -0.4 is 16.0 Å². The minimum Gasteiger partial charge on any atom is -0.359 e. The number of likely N-dealkylation sites (N-methyl/N-ethyl adjacent to an activating group) is 1. The molecule has 1 aromatic carbocycles. The average Bonchev–Trinajstić information content (AvgIpc) is 3.13. The second-order valence-corrected chi connectivity index (χ2v) is 7.41. The van der Waals surface area contributed by atoms with E-state index in [2.05, 4.69) is 25.9 Å². The third kappa shape index (κ3) is 3.91. The van der Waals surface area contributed by atoms with Crippen molar-refractivity contribution in [2.75, 3.05) is 17.7 Å². The molecule has 4 rings (SSSR count). The van der Waals surface area contributed by atoms with Crippen LogP contribution in [0.25, 0.3) is 11.3 Å². The molecule has 4 N–H and O–H groups in total. The quantitative estimate of drug-likeness (QED) is 0.501. The number of carbonyl (C=O) groups is 2. The maximum Gasteiger partial charge on any atom is 0.241 e. The van der Waals surface area contributed by atoms with E-state index in [0.29, 0.717) is 12.2 Å². The van der Waals surface area contributed by atoms with E-state index in [1.54, 1.807) is 20.2 Å². The number of rotatable bonds is 6. The Bertz CT molecular complexity index is 1070. The van der Waals surface area contributed by atoms with Crippen LogP contribution in [0.15, 0.2) is 48.7 Å². The van der Waals surface area contributed by atoms with Gasteiger partial charge in [-0.15, -0.1) is 0 Å². The number of nitrogens with zero attached hydrogens (tertiary/aromatic N) is 1. The van der Waals surface area contributed by atoms with Crippen LogP contribution >= 0.6 is 0 Å². The SMILES string of the molecule is CNC(=O)[C@H](C)Nc1cc(-c2[nH]c3c(c2Nc2ccccc2)C(=O)CCC3)ccn1. The molecule has 0 spiro atoms. The van der Waals surface area contributed by atoms with E-state index in [4.69, 9.17) is 0 Å². The summed E-state index contributed by atoms with van der Waals surface area (Å²) < 4.78 is 0. The molecule has 0 bridgehead atoms. The molecule has 30 heavy (non-hydrogen) atoms. The zero-order valence-corrected chi connectivity index (χ0v) is 17.1. The van der Waals surface area contributed by atoms with Gasteiger partial charge in [-0.2, -0.15) is 0 Å². The lowest BCUT2D eigenvalue weighted by molar-refractivity contribution is -0.121. The van der Waals surface area contributed by atoms with Gasteiger partial charge in [0, 0.05) is 36.6 Å². The van der Waals surface area contributed by atoms with E-state index in [-0.39, 0.29) is 11.7 Å². The molecule has 1 amide bonds. The van der Waals surface area contributed by atoms with Crippen LogP contribution in [-0.4, -0.2) is 34.7 Å². The van der Waals surface area contributed by atoms with Gasteiger partial charge in [0.15, 0.2) is 5.78 Å². The van der Waals surface area contributed by atoms with Gasteiger partial charge in [-0.3, -0.25) is 9.59 Å².